The minimum Gasteiger partial charge on any atom is -0.248 e. The van der Waals surface area contributed by atoms with Gasteiger partial charge in [0.05, 0.1) is 0 Å². The van der Waals surface area contributed by atoms with Crippen LogP contribution in [0.15, 0.2) is 16.6 Å². The Labute approximate surface area is 88.5 Å². The van der Waals surface area contributed by atoms with E-state index < -0.39 is 11.9 Å². The third kappa shape index (κ3) is 2.70. The average Bonchev–Trinajstić information content (AvgIpc) is 2.01. The molecule has 0 radical (unpaired) electrons. The van der Waals surface area contributed by atoms with Crippen molar-refractivity contribution in [1.29, 1.82) is 0 Å². The standard InChI is InChI=1S/C9H9BrF3N/c1-5(2)7-3-6(10)4-8(14-7)9(11,12)13/h3-5H,1-2H3. The van der Waals surface area contributed by atoms with Crippen LogP contribution in [0.1, 0.15) is 31.2 Å². The highest BCUT2D eigenvalue weighted by atomic mass is 79.9. The fourth-order valence-electron chi connectivity index (χ4n) is 0.958. The van der Waals surface area contributed by atoms with Crippen LogP contribution in [-0.4, -0.2) is 4.98 Å². The van der Waals surface area contributed by atoms with Crippen LogP contribution in [0.4, 0.5) is 13.2 Å². The molecule has 1 rings (SSSR count). The topological polar surface area (TPSA) is 12.9 Å². The molecule has 0 fully saturated rings. The normalized spacial score (nSPS) is 12.2. The zero-order valence-electron chi connectivity index (χ0n) is 7.69. The molecular formula is C9H9BrF3N. The minimum atomic E-state index is -4.38. The Morgan fingerprint density at radius 2 is 1.86 bits per heavy atom. The maximum Gasteiger partial charge on any atom is 0.433 e. The number of pyridine rings is 1. The first kappa shape index (κ1) is 11.5. The molecular weight excluding hydrogens is 259 g/mol. The summed E-state index contributed by atoms with van der Waals surface area (Å²) in [7, 11) is 0. The summed E-state index contributed by atoms with van der Waals surface area (Å²) in [5.41, 5.74) is -0.415. The fraction of sp³-hybridized carbons (Fsp3) is 0.444. The van der Waals surface area contributed by atoms with Crippen molar-refractivity contribution < 1.29 is 13.2 Å². The predicted molar refractivity (Wildman–Crippen MR) is 51.0 cm³/mol. The molecule has 0 atom stereocenters. The third-order valence-electron chi connectivity index (χ3n) is 1.69. The van der Waals surface area contributed by atoms with Gasteiger partial charge >= 0.3 is 6.18 Å². The average molecular weight is 268 g/mol. The molecule has 0 amide bonds. The lowest BCUT2D eigenvalue weighted by Gasteiger charge is -2.10. The first-order valence-corrected chi connectivity index (χ1v) is 4.84. The van der Waals surface area contributed by atoms with Crippen molar-refractivity contribution in [3.8, 4) is 0 Å². The predicted octanol–water partition coefficient (Wildman–Crippen LogP) is 3.99. The van der Waals surface area contributed by atoms with E-state index in [2.05, 4.69) is 20.9 Å². The molecule has 5 heteroatoms. The molecule has 0 aromatic carbocycles. The molecule has 0 N–H and O–H groups in total. The van der Waals surface area contributed by atoms with Gasteiger partial charge in [-0.1, -0.05) is 29.8 Å². The Morgan fingerprint density at radius 3 is 2.29 bits per heavy atom. The second-order valence-electron chi connectivity index (χ2n) is 3.25. The van der Waals surface area contributed by atoms with Crippen LogP contribution < -0.4 is 0 Å². The van der Waals surface area contributed by atoms with Crippen LogP contribution in [0.25, 0.3) is 0 Å². The molecule has 0 bridgehead atoms. The highest BCUT2D eigenvalue weighted by Gasteiger charge is 2.33. The number of hydrogen-bond acceptors (Lipinski definition) is 1. The second-order valence-corrected chi connectivity index (χ2v) is 4.16. The maximum absolute atomic E-state index is 12.3. The van der Waals surface area contributed by atoms with Gasteiger partial charge in [0.2, 0.25) is 0 Å². The molecule has 14 heavy (non-hydrogen) atoms. The summed E-state index contributed by atoms with van der Waals surface area (Å²) in [6.07, 6.45) is -4.38. The zero-order chi connectivity index (χ0) is 10.9. The largest absolute Gasteiger partial charge is 0.433 e. The van der Waals surface area contributed by atoms with Crippen LogP contribution in [0, 0.1) is 0 Å². The molecule has 1 heterocycles. The van der Waals surface area contributed by atoms with Crippen molar-refractivity contribution in [1.82, 2.24) is 4.98 Å². The van der Waals surface area contributed by atoms with E-state index in [1.54, 1.807) is 19.9 Å². The third-order valence-corrected chi connectivity index (χ3v) is 2.15. The van der Waals surface area contributed by atoms with Crippen LogP contribution in [0.3, 0.4) is 0 Å². The van der Waals surface area contributed by atoms with Gasteiger partial charge in [-0.25, -0.2) is 4.98 Å². The first-order valence-electron chi connectivity index (χ1n) is 4.05. The Morgan fingerprint density at radius 1 is 1.29 bits per heavy atom. The smallest absolute Gasteiger partial charge is 0.248 e. The van der Waals surface area contributed by atoms with Crippen molar-refractivity contribution >= 4 is 15.9 Å². The van der Waals surface area contributed by atoms with Crippen molar-refractivity contribution in [3.63, 3.8) is 0 Å². The van der Waals surface area contributed by atoms with Gasteiger partial charge in [-0.05, 0) is 18.1 Å². The summed E-state index contributed by atoms with van der Waals surface area (Å²) < 4.78 is 37.4. The highest BCUT2D eigenvalue weighted by Crippen LogP contribution is 2.31. The van der Waals surface area contributed by atoms with E-state index >= 15 is 0 Å². The van der Waals surface area contributed by atoms with Gasteiger partial charge in [-0.3, -0.25) is 0 Å². The summed E-state index contributed by atoms with van der Waals surface area (Å²) in [5.74, 6) is -0.0198. The summed E-state index contributed by atoms with van der Waals surface area (Å²) in [4.78, 5) is 3.55. The first-order chi connectivity index (χ1) is 6.30. The van der Waals surface area contributed by atoms with E-state index in [4.69, 9.17) is 0 Å². The lowest BCUT2D eigenvalue weighted by Crippen LogP contribution is -2.10. The summed E-state index contributed by atoms with van der Waals surface area (Å²) in [6.45, 7) is 3.60. The Hall–Kier alpha value is -0.580. The van der Waals surface area contributed by atoms with E-state index in [0.717, 1.165) is 6.07 Å². The van der Waals surface area contributed by atoms with Crippen molar-refractivity contribution in [2.75, 3.05) is 0 Å². The lowest BCUT2D eigenvalue weighted by molar-refractivity contribution is -0.141. The van der Waals surface area contributed by atoms with Crippen LogP contribution in [0.2, 0.25) is 0 Å². The van der Waals surface area contributed by atoms with E-state index in [9.17, 15) is 13.2 Å². The van der Waals surface area contributed by atoms with Gasteiger partial charge in [0.15, 0.2) is 0 Å². The monoisotopic (exact) mass is 267 g/mol. The molecule has 0 saturated heterocycles. The van der Waals surface area contributed by atoms with E-state index in [1.165, 1.54) is 0 Å². The minimum absolute atomic E-state index is 0.0198. The molecule has 1 aromatic rings. The van der Waals surface area contributed by atoms with Gasteiger partial charge in [-0.2, -0.15) is 13.2 Å². The van der Waals surface area contributed by atoms with Crippen LogP contribution >= 0.6 is 15.9 Å². The molecule has 0 unspecified atom stereocenters. The molecule has 0 spiro atoms. The SMILES string of the molecule is CC(C)c1cc(Br)cc(C(F)(F)F)n1. The second kappa shape index (κ2) is 3.88. The van der Waals surface area contributed by atoms with Gasteiger partial charge in [-0.15, -0.1) is 0 Å². The van der Waals surface area contributed by atoms with E-state index in [0.29, 0.717) is 10.2 Å². The van der Waals surface area contributed by atoms with Gasteiger partial charge in [0, 0.05) is 10.2 Å². The Balaban J connectivity index is 3.21. The Bertz CT molecular complexity index is 333. The molecule has 0 aliphatic rings. The van der Waals surface area contributed by atoms with E-state index in [-0.39, 0.29) is 5.92 Å². The number of alkyl halides is 3. The fourth-order valence-corrected chi connectivity index (χ4v) is 1.41. The van der Waals surface area contributed by atoms with Gasteiger partial charge < -0.3 is 0 Å². The van der Waals surface area contributed by atoms with Gasteiger partial charge in [0.1, 0.15) is 5.69 Å². The van der Waals surface area contributed by atoms with Crippen molar-refractivity contribution in [2.45, 2.75) is 25.9 Å². The van der Waals surface area contributed by atoms with E-state index in [1.807, 2.05) is 0 Å². The summed E-state index contributed by atoms with van der Waals surface area (Å²) in [6, 6.07) is 2.58. The van der Waals surface area contributed by atoms with Crippen LogP contribution in [-0.2, 0) is 6.18 Å². The highest BCUT2D eigenvalue weighted by molar-refractivity contribution is 9.10. The molecule has 0 aliphatic heterocycles. The zero-order valence-corrected chi connectivity index (χ0v) is 9.28. The van der Waals surface area contributed by atoms with Gasteiger partial charge in [0.25, 0.3) is 0 Å². The summed E-state index contributed by atoms with van der Waals surface area (Å²) >= 11 is 3.03. The molecule has 1 nitrogen and oxygen atoms in total. The lowest BCUT2D eigenvalue weighted by atomic mass is 10.1. The Kier molecular flexibility index (Phi) is 3.19. The number of rotatable bonds is 1. The van der Waals surface area contributed by atoms with Crippen LogP contribution in [0.5, 0.6) is 0 Å². The molecule has 78 valence electrons. The number of aromatic nitrogens is 1. The summed E-state index contributed by atoms with van der Waals surface area (Å²) in [5, 5.41) is 0. The maximum atomic E-state index is 12.3. The number of hydrogen-bond donors (Lipinski definition) is 0. The molecule has 1 aromatic heterocycles. The number of halogens is 4. The van der Waals surface area contributed by atoms with Crippen molar-refractivity contribution in [3.05, 3.63) is 28.0 Å². The van der Waals surface area contributed by atoms with Crippen molar-refractivity contribution in [2.24, 2.45) is 0 Å². The molecule has 0 aliphatic carbocycles. The molecule has 0 saturated carbocycles. The quantitative estimate of drug-likeness (QED) is 0.750. The number of nitrogens with zero attached hydrogens (tertiary/aromatic N) is 1.